The second kappa shape index (κ2) is 9.94. The van der Waals surface area contributed by atoms with Gasteiger partial charge in [0.2, 0.25) is 0 Å². The summed E-state index contributed by atoms with van der Waals surface area (Å²) in [6.45, 7) is 6.82. The molecule has 0 heterocycles. The minimum atomic E-state index is -0.643. The first kappa shape index (κ1) is 18.2. The molecular weight excluding hydrogens is 300 g/mol. The van der Waals surface area contributed by atoms with Gasteiger partial charge >= 0.3 is 11.9 Å². The molecule has 0 N–H and O–H groups in total. The summed E-state index contributed by atoms with van der Waals surface area (Å²) in [5.74, 6) is -0.844. The molecule has 0 fully saturated rings. The van der Waals surface area contributed by atoms with Gasteiger partial charge in [0.15, 0.2) is 12.4 Å². The van der Waals surface area contributed by atoms with Crippen molar-refractivity contribution in [3.8, 4) is 5.75 Å². The molecule has 23 heavy (non-hydrogen) atoms. The minimum Gasteiger partial charge on any atom is -0.493 e. The fourth-order valence-electron chi connectivity index (χ4n) is 1.50. The number of esters is 2. The molecule has 0 saturated heterocycles. The minimum absolute atomic E-state index is 0.246. The predicted octanol–water partition coefficient (Wildman–Crippen LogP) is 2.10. The van der Waals surface area contributed by atoms with E-state index in [2.05, 4.69) is 17.9 Å². The fraction of sp³-hybridized carbons (Fsp3) is 0.235. The number of rotatable bonds is 10. The first-order valence-electron chi connectivity index (χ1n) is 6.91. The van der Waals surface area contributed by atoms with Crippen molar-refractivity contribution in [3.05, 3.63) is 55.1 Å². The lowest BCUT2D eigenvalue weighted by molar-refractivity contribution is -0.138. The van der Waals surface area contributed by atoms with E-state index in [4.69, 9.17) is 9.47 Å². The molecule has 0 spiro atoms. The summed E-state index contributed by atoms with van der Waals surface area (Å²) >= 11 is 0. The Morgan fingerprint density at radius 2 is 1.52 bits per heavy atom. The molecular formula is C17H18O6. The molecule has 0 saturated carbocycles. The molecule has 0 aliphatic carbocycles. The number of benzene rings is 1. The average Bonchev–Trinajstić information content (AvgIpc) is 2.59. The molecule has 0 amide bonds. The Labute approximate surface area is 134 Å². The van der Waals surface area contributed by atoms with Gasteiger partial charge in [-0.2, -0.15) is 0 Å². The Morgan fingerprint density at radius 3 is 2.13 bits per heavy atom. The van der Waals surface area contributed by atoms with E-state index < -0.39 is 11.9 Å². The normalized spacial score (nSPS) is 9.57. The van der Waals surface area contributed by atoms with Crippen molar-refractivity contribution in [1.29, 1.82) is 0 Å². The van der Waals surface area contributed by atoms with E-state index in [0.29, 0.717) is 24.3 Å². The predicted molar refractivity (Wildman–Crippen MR) is 83.2 cm³/mol. The molecule has 1 rings (SSSR count). The molecule has 1 aromatic rings. The quantitative estimate of drug-likeness (QED) is 0.284. The third kappa shape index (κ3) is 7.08. The summed E-state index contributed by atoms with van der Waals surface area (Å²) in [5.41, 5.74) is 0.411. The standard InChI is InChI=1S/C17H18O6/c1-3-16(19)22-11-5-10-21-14-8-6-13(7-9-14)15(18)12-23-17(20)4-2/h3-4,6-9H,1-2,5,10-12H2. The molecule has 0 aromatic heterocycles. The van der Waals surface area contributed by atoms with E-state index in [-0.39, 0.29) is 19.0 Å². The van der Waals surface area contributed by atoms with Crippen molar-refractivity contribution >= 4 is 17.7 Å². The van der Waals surface area contributed by atoms with E-state index in [1.54, 1.807) is 24.3 Å². The van der Waals surface area contributed by atoms with Crippen molar-refractivity contribution in [3.63, 3.8) is 0 Å². The third-order valence-corrected chi connectivity index (χ3v) is 2.66. The van der Waals surface area contributed by atoms with Gasteiger partial charge in [0.1, 0.15) is 5.75 Å². The number of carbonyl (C=O) groups is 3. The van der Waals surface area contributed by atoms with Crippen LogP contribution in [0.15, 0.2) is 49.6 Å². The maximum atomic E-state index is 11.8. The highest BCUT2D eigenvalue weighted by Gasteiger charge is 2.08. The summed E-state index contributed by atoms with van der Waals surface area (Å²) in [5, 5.41) is 0. The summed E-state index contributed by atoms with van der Waals surface area (Å²) in [6.07, 6.45) is 2.64. The van der Waals surface area contributed by atoms with Crippen LogP contribution in [0.2, 0.25) is 0 Å². The topological polar surface area (TPSA) is 78.9 Å². The van der Waals surface area contributed by atoms with Crippen LogP contribution in [0.1, 0.15) is 16.8 Å². The van der Waals surface area contributed by atoms with Crippen LogP contribution in [0, 0.1) is 0 Å². The van der Waals surface area contributed by atoms with Gasteiger partial charge in [0.05, 0.1) is 13.2 Å². The van der Waals surface area contributed by atoms with Crippen LogP contribution in [-0.4, -0.2) is 37.5 Å². The second-order valence-corrected chi connectivity index (χ2v) is 4.33. The average molecular weight is 318 g/mol. The van der Waals surface area contributed by atoms with Crippen LogP contribution in [0.5, 0.6) is 5.75 Å². The van der Waals surface area contributed by atoms with Gasteiger partial charge in [-0.25, -0.2) is 9.59 Å². The third-order valence-electron chi connectivity index (χ3n) is 2.66. The largest absolute Gasteiger partial charge is 0.493 e. The van der Waals surface area contributed by atoms with E-state index >= 15 is 0 Å². The second-order valence-electron chi connectivity index (χ2n) is 4.33. The lowest BCUT2D eigenvalue weighted by atomic mass is 10.1. The molecule has 6 heteroatoms. The van der Waals surface area contributed by atoms with Crippen molar-refractivity contribution in [2.45, 2.75) is 6.42 Å². The van der Waals surface area contributed by atoms with Crippen molar-refractivity contribution in [1.82, 2.24) is 0 Å². The molecule has 0 aliphatic heterocycles. The van der Waals surface area contributed by atoms with Crippen LogP contribution in [0.3, 0.4) is 0 Å². The summed E-state index contributed by atoms with van der Waals surface area (Å²) < 4.78 is 14.9. The zero-order valence-electron chi connectivity index (χ0n) is 12.7. The van der Waals surface area contributed by atoms with Gasteiger partial charge < -0.3 is 14.2 Å². The molecule has 0 bridgehead atoms. The molecule has 6 nitrogen and oxygen atoms in total. The van der Waals surface area contributed by atoms with Crippen molar-refractivity contribution < 1.29 is 28.6 Å². The highest BCUT2D eigenvalue weighted by atomic mass is 16.5. The van der Waals surface area contributed by atoms with E-state index in [9.17, 15) is 14.4 Å². The number of Topliss-reactive ketones (excluding diaryl/α,β-unsaturated/α-hetero) is 1. The highest BCUT2D eigenvalue weighted by molar-refractivity contribution is 5.98. The number of ketones is 1. The Bertz CT molecular complexity index is 573. The summed E-state index contributed by atoms with van der Waals surface area (Å²) in [4.78, 5) is 33.5. The first-order valence-corrected chi connectivity index (χ1v) is 6.91. The maximum Gasteiger partial charge on any atom is 0.330 e. The smallest absolute Gasteiger partial charge is 0.330 e. The molecule has 0 aliphatic rings. The molecule has 1 aromatic carbocycles. The Hall–Kier alpha value is -2.89. The SMILES string of the molecule is C=CC(=O)OCCCOc1ccc(C(=O)COC(=O)C=C)cc1. The van der Waals surface area contributed by atoms with E-state index in [0.717, 1.165) is 12.2 Å². The zero-order valence-corrected chi connectivity index (χ0v) is 12.7. The van der Waals surface area contributed by atoms with Gasteiger partial charge in [-0.3, -0.25) is 4.79 Å². The van der Waals surface area contributed by atoms with Crippen LogP contribution < -0.4 is 4.74 Å². The molecule has 0 unspecified atom stereocenters. The first-order chi connectivity index (χ1) is 11.1. The van der Waals surface area contributed by atoms with Crippen LogP contribution >= 0.6 is 0 Å². The number of ether oxygens (including phenoxy) is 3. The van der Waals surface area contributed by atoms with Crippen molar-refractivity contribution in [2.24, 2.45) is 0 Å². The highest BCUT2D eigenvalue weighted by Crippen LogP contribution is 2.13. The summed E-state index contributed by atoms with van der Waals surface area (Å²) in [7, 11) is 0. The van der Waals surface area contributed by atoms with E-state index in [1.807, 2.05) is 0 Å². The van der Waals surface area contributed by atoms with Gasteiger partial charge in [-0.05, 0) is 24.3 Å². The monoisotopic (exact) mass is 318 g/mol. The Balaban J connectivity index is 2.34. The summed E-state index contributed by atoms with van der Waals surface area (Å²) in [6, 6.07) is 6.44. The van der Waals surface area contributed by atoms with Crippen LogP contribution in [0.4, 0.5) is 0 Å². The van der Waals surface area contributed by atoms with Crippen LogP contribution in [0.25, 0.3) is 0 Å². The number of carbonyl (C=O) groups excluding carboxylic acids is 3. The Morgan fingerprint density at radius 1 is 0.913 bits per heavy atom. The lowest BCUT2D eigenvalue weighted by Gasteiger charge is -2.07. The van der Waals surface area contributed by atoms with Crippen LogP contribution in [-0.2, 0) is 19.1 Å². The molecule has 0 atom stereocenters. The molecule has 0 radical (unpaired) electrons. The van der Waals surface area contributed by atoms with Gasteiger partial charge in [-0.1, -0.05) is 13.2 Å². The fourth-order valence-corrected chi connectivity index (χ4v) is 1.50. The molecule has 122 valence electrons. The van der Waals surface area contributed by atoms with Gasteiger partial charge in [0.25, 0.3) is 0 Å². The number of hydrogen-bond acceptors (Lipinski definition) is 6. The maximum absolute atomic E-state index is 11.8. The van der Waals surface area contributed by atoms with Gasteiger partial charge in [-0.15, -0.1) is 0 Å². The van der Waals surface area contributed by atoms with Gasteiger partial charge in [0, 0.05) is 24.1 Å². The van der Waals surface area contributed by atoms with E-state index in [1.165, 1.54) is 0 Å². The lowest BCUT2D eigenvalue weighted by Crippen LogP contribution is -2.12. The Kier molecular flexibility index (Phi) is 7.85. The number of hydrogen-bond donors (Lipinski definition) is 0. The van der Waals surface area contributed by atoms with Crippen molar-refractivity contribution in [2.75, 3.05) is 19.8 Å². The zero-order chi connectivity index (χ0) is 17.1.